The van der Waals surface area contributed by atoms with Crippen molar-refractivity contribution in [2.45, 2.75) is 26.4 Å². The Morgan fingerprint density at radius 1 is 1.15 bits per heavy atom. The number of rotatable bonds is 6. The van der Waals surface area contributed by atoms with E-state index < -0.39 is 17.7 Å². The van der Waals surface area contributed by atoms with Gasteiger partial charge in [-0.3, -0.25) is 14.6 Å². The molecule has 1 saturated heterocycles. The standard InChI is InChI=1S/C26H23ClN2O4/c1-3-33-21-11-8-19(13-16(21)2)24(30)22-23(18-6-9-20(27)10-7-18)29(26(32)25(22)31)15-17-5-4-12-28-14-17/h4-14,23,30H,3,15H2,1-2H3/t23-/m1/s1. The highest BCUT2D eigenvalue weighted by molar-refractivity contribution is 6.46. The highest BCUT2D eigenvalue weighted by Gasteiger charge is 2.46. The van der Waals surface area contributed by atoms with E-state index in [9.17, 15) is 14.7 Å². The molecule has 2 aromatic carbocycles. The minimum atomic E-state index is -0.769. The molecule has 1 amide bonds. The van der Waals surface area contributed by atoms with Gasteiger partial charge in [0.25, 0.3) is 11.7 Å². The second kappa shape index (κ2) is 9.46. The lowest BCUT2D eigenvalue weighted by molar-refractivity contribution is -0.140. The van der Waals surface area contributed by atoms with Gasteiger partial charge in [-0.25, -0.2) is 0 Å². The number of hydrogen-bond acceptors (Lipinski definition) is 5. The molecule has 33 heavy (non-hydrogen) atoms. The molecular formula is C26H23ClN2O4. The zero-order chi connectivity index (χ0) is 23.5. The normalized spacial score (nSPS) is 17.4. The summed E-state index contributed by atoms with van der Waals surface area (Å²) in [7, 11) is 0. The number of ether oxygens (including phenoxy) is 1. The molecule has 1 aliphatic rings. The van der Waals surface area contributed by atoms with E-state index in [0.29, 0.717) is 28.5 Å². The molecule has 1 aromatic heterocycles. The summed E-state index contributed by atoms with van der Waals surface area (Å²) in [6.45, 7) is 4.44. The summed E-state index contributed by atoms with van der Waals surface area (Å²) >= 11 is 6.07. The molecule has 7 heteroatoms. The van der Waals surface area contributed by atoms with Gasteiger partial charge < -0.3 is 14.7 Å². The van der Waals surface area contributed by atoms with Crippen molar-refractivity contribution in [2.24, 2.45) is 0 Å². The topological polar surface area (TPSA) is 79.7 Å². The smallest absolute Gasteiger partial charge is 0.295 e. The van der Waals surface area contributed by atoms with Crippen LogP contribution in [0.15, 0.2) is 72.6 Å². The van der Waals surface area contributed by atoms with Crippen molar-refractivity contribution < 1.29 is 19.4 Å². The van der Waals surface area contributed by atoms with Crippen LogP contribution in [0.3, 0.4) is 0 Å². The summed E-state index contributed by atoms with van der Waals surface area (Å²) in [5.41, 5.74) is 2.74. The van der Waals surface area contributed by atoms with Crippen LogP contribution in [0.2, 0.25) is 5.02 Å². The number of hydrogen-bond donors (Lipinski definition) is 1. The molecule has 0 bridgehead atoms. The predicted molar refractivity (Wildman–Crippen MR) is 126 cm³/mol. The number of nitrogens with zero attached hydrogens (tertiary/aromatic N) is 2. The molecule has 1 atom stereocenters. The second-order valence-corrected chi connectivity index (χ2v) is 8.19. The van der Waals surface area contributed by atoms with E-state index in [1.165, 1.54) is 4.90 Å². The summed E-state index contributed by atoms with van der Waals surface area (Å²) in [5, 5.41) is 11.8. The number of aliphatic hydroxyl groups is 1. The van der Waals surface area contributed by atoms with E-state index in [-0.39, 0.29) is 17.9 Å². The summed E-state index contributed by atoms with van der Waals surface area (Å²) in [6.07, 6.45) is 3.29. The first kappa shape index (κ1) is 22.6. The van der Waals surface area contributed by atoms with Crippen molar-refractivity contribution in [1.82, 2.24) is 9.88 Å². The molecule has 1 fully saturated rings. The van der Waals surface area contributed by atoms with E-state index in [2.05, 4.69) is 4.98 Å². The average Bonchev–Trinajstić information content (AvgIpc) is 3.06. The van der Waals surface area contributed by atoms with Crippen LogP contribution >= 0.6 is 11.6 Å². The quantitative estimate of drug-likeness (QED) is 0.314. The number of halogens is 1. The first-order valence-electron chi connectivity index (χ1n) is 10.6. The number of aliphatic hydroxyl groups excluding tert-OH is 1. The summed E-state index contributed by atoms with van der Waals surface area (Å²) in [5.74, 6) is -0.945. The monoisotopic (exact) mass is 462 g/mol. The SMILES string of the molecule is CCOc1ccc(C(O)=C2C(=O)C(=O)N(Cc3cccnc3)[C@@H]2c2ccc(Cl)cc2)cc1C. The lowest BCUT2D eigenvalue weighted by atomic mass is 9.94. The Morgan fingerprint density at radius 3 is 2.55 bits per heavy atom. The summed E-state index contributed by atoms with van der Waals surface area (Å²) < 4.78 is 5.57. The molecule has 0 spiro atoms. The Morgan fingerprint density at radius 2 is 1.91 bits per heavy atom. The molecule has 168 valence electrons. The number of carbonyl (C=O) groups is 2. The van der Waals surface area contributed by atoms with E-state index in [1.807, 2.05) is 19.9 Å². The minimum Gasteiger partial charge on any atom is -0.507 e. The number of Topliss-reactive ketones (excluding diaryl/α,β-unsaturated/α-hetero) is 1. The molecule has 3 aromatic rings. The third-order valence-electron chi connectivity index (χ3n) is 5.55. The third kappa shape index (κ3) is 4.47. The largest absolute Gasteiger partial charge is 0.507 e. The van der Waals surface area contributed by atoms with E-state index in [1.54, 1.807) is 60.9 Å². The molecule has 6 nitrogen and oxygen atoms in total. The summed E-state index contributed by atoms with van der Waals surface area (Å²) in [4.78, 5) is 31.8. The van der Waals surface area contributed by atoms with Crippen molar-refractivity contribution in [3.05, 3.63) is 99.8 Å². The molecule has 0 saturated carbocycles. The van der Waals surface area contributed by atoms with Crippen LogP contribution in [0.5, 0.6) is 5.75 Å². The maximum Gasteiger partial charge on any atom is 0.295 e. The maximum atomic E-state index is 13.2. The fourth-order valence-corrected chi connectivity index (χ4v) is 4.12. The summed E-state index contributed by atoms with van der Waals surface area (Å²) in [6, 6.07) is 14.9. The maximum absolute atomic E-state index is 13.2. The lowest BCUT2D eigenvalue weighted by Crippen LogP contribution is -2.29. The number of carbonyl (C=O) groups excluding carboxylic acids is 2. The van der Waals surface area contributed by atoms with Gasteiger partial charge in [-0.05, 0) is 66.9 Å². The predicted octanol–water partition coefficient (Wildman–Crippen LogP) is 5.06. The van der Waals surface area contributed by atoms with Crippen molar-refractivity contribution >= 4 is 29.1 Å². The molecular weight excluding hydrogens is 440 g/mol. The van der Waals surface area contributed by atoms with Gasteiger partial charge in [0, 0.05) is 29.5 Å². The zero-order valence-corrected chi connectivity index (χ0v) is 19.0. The fraction of sp³-hybridized carbons (Fsp3) is 0.192. The van der Waals surface area contributed by atoms with Crippen LogP contribution in [-0.2, 0) is 16.1 Å². The molecule has 0 aliphatic carbocycles. The van der Waals surface area contributed by atoms with Gasteiger partial charge in [0.2, 0.25) is 0 Å². The van der Waals surface area contributed by atoms with Gasteiger partial charge >= 0.3 is 0 Å². The number of aromatic nitrogens is 1. The van der Waals surface area contributed by atoms with Gasteiger partial charge in [0.15, 0.2) is 0 Å². The van der Waals surface area contributed by atoms with Gasteiger partial charge in [0.1, 0.15) is 11.5 Å². The first-order valence-corrected chi connectivity index (χ1v) is 10.9. The van der Waals surface area contributed by atoms with Crippen molar-refractivity contribution in [3.63, 3.8) is 0 Å². The Labute approximate surface area is 197 Å². The highest BCUT2D eigenvalue weighted by atomic mass is 35.5. The molecule has 0 unspecified atom stereocenters. The molecule has 0 radical (unpaired) electrons. The average molecular weight is 463 g/mol. The molecule has 1 aliphatic heterocycles. The number of amides is 1. The van der Waals surface area contributed by atoms with Crippen molar-refractivity contribution in [2.75, 3.05) is 6.61 Å². The van der Waals surface area contributed by atoms with Crippen LogP contribution in [0.1, 0.15) is 35.2 Å². The van der Waals surface area contributed by atoms with Crippen LogP contribution in [0, 0.1) is 6.92 Å². The first-order chi connectivity index (χ1) is 15.9. The highest BCUT2D eigenvalue weighted by Crippen LogP contribution is 2.41. The molecule has 4 rings (SSSR count). The van der Waals surface area contributed by atoms with Crippen LogP contribution < -0.4 is 4.74 Å². The fourth-order valence-electron chi connectivity index (χ4n) is 3.99. The number of pyridine rings is 1. The number of ketones is 1. The van der Waals surface area contributed by atoms with E-state index >= 15 is 0 Å². The number of likely N-dealkylation sites (tertiary alicyclic amines) is 1. The van der Waals surface area contributed by atoms with E-state index in [0.717, 1.165) is 11.1 Å². The third-order valence-corrected chi connectivity index (χ3v) is 5.80. The van der Waals surface area contributed by atoms with E-state index in [4.69, 9.17) is 16.3 Å². The Kier molecular flexibility index (Phi) is 6.47. The minimum absolute atomic E-state index is 0.0368. The molecule has 1 N–H and O–H groups in total. The van der Waals surface area contributed by atoms with Gasteiger partial charge in [0.05, 0.1) is 18.2 Å². The second-order valence-electron chi connectivity index (χ2n) is 7.75. The van der Waals surface area contributed by atoms with Crippen molar-refractivity contribution in [3.8, 4) is 5.75 Å². The Bertz CT molecular complexity index is 1220. The van der Waals surface area contributed by atoms with Crippen LogP contribution in [-0.4, -0.2) is 33.3 Å². The van der Waals surface area contributed by atoms with Crippen LogP contribution in [0.4, 0.5) is 0 Å². The van der Waals surface area contributed by atoms with Gasteiger partial charge in [-0.2, -0.15) is 0 Å². The van der Waals surface area contributed by atoms with Gasteiger partial charge in [-0.1, -0.05) is 29.8 Å². The van der Waals surface area contributed by atoms with Crippen molar-refractivity contribution in [1.29, 1.82) is 0 Å². The Balaban J connectivity index is 1.84. The molecule has 2 heterocycles. The van der Waals surface area contributed by atoms with Crippen LogP contribution in [0.25, 0.3) is 5.76 Å². The zero-order valence-electron chi connectivity index (χ0n) is 18.3. The number of benzene rings is 2. The lowest BCUT2D eigenvalue weighted by Gasteiger charge is -2.25. The van der Waals surface area contributed by atoms with Gasteiger partial charge in [-0.15, -0.1) is 0 Å². The Hall–Kier alpha value is -3.64. The number of aryl methyl sites for hydroxylation is 1.